The number of hydrogen-bond acceptors (Lipinski definition) is 3. The van der Waals surface area contributed by atoms with Crippen LogP contribution in [0.2, 0.25) is 0 Å². The van der Waals surface area contributed by atoms with Gasteiger partial charge in [-0.3, -0.25) is 0 Å². The molecule has 1 rings (SSSR count). The molecule has 116 valence electrons. The zero-order chi connectivity index (χ0) is 15.9. The summed E-state index contributed by atoms with van der Waals surface area (Å²) in [4.78, 5) is 0. The third kappa shape index (κ3) is 5.88. The highest BCUT2D eigenvalue weighted by Crippen LogP contribution is 2.37. The second kappa shape index (κ2) is 8.65. The van der Waals surface area contributed by atoms with E-state index in [1.165, 1.54) is 0 Å². The van der Waals surface area contributed by atoms with Crippen LogP contribution < -0.4 is 9.47 Å². The molecule has 0 saturated carbocycles. The fourth-order valence-electron chi connectivity index (χ4n) is 1.89. The molecular formula is C16H21Br2NO2. The smallest absolute Gasteiger partial charge is 0.175 e. The number of hydrogen-bond donors (Lipinski definition) is 0. The monoisotopic (exact) mass is 417 g/mol. The van der Waals surface area contributed by atoms with Crippen molar-refractivity contribution in [3.63, 3.8) is 0 Å². The minimum absolute atomic E-state index is 0.254. The van der Waals surface area contributed by atoms with Crippen molar-refractivity contribution in [2.75, 3.05) is 13.7 Å². The van der Waals surface area contributed by atoms with Crippen LogP contribution in [-0.2, 0) is 5.33 Å². The largest absolute Gasteiger partial charge is 0.493 e. The highest BCUT2D eigenvalue weighted by molar-refractivity contribution is 9.10. The Bertz CT molecular complexity index is 510. The van der Waals surface area contributed by atoms with Gasteiger partial charge in [0.2, 0.25) is 0 Å². The molecule has 0 atom stereocenters. The van der Waals surface area contributed by atoms with E-state index in [0.717, 1.165) is 46.1 Å². The van der Waals surface area contributed by atoms with Gasteiger partial charge in [0.05, 0.1) is 29.7 Å². The summed E-state index contributed by atoms with van der Waals surface area (Å²) in [6, 6.07) is 6.30. The van der Waals surface area contributed by atoms with Gasteiger partial charge in [-0.25, -0.2) is 0 Å². The number of halogens is 2. The van der Waals surface area contributed by atoms with Crippen LogP contribution in [0.25, 0.3) is 0 Å². The van der Waals surface area contributed by atoms with Gasteiger partial charge in [-0.05, 0) is 66.7 Å². The molecule has 0 amide bonds. The van der Waals surface area contributed by atoms with Crippen LogP contribution >= 0.6 is 31.9 Å². The van der Waals surface area contributed by atoms with E-state index in [-0.39, 0.29) is 5.41 Å². The standard InChI is InChI=1S/C16H21Br2NO2/c1-16(2,11-19)6-4-5-7-21-15-13(18)8-12(10-17)9-14(15)20-3/h8-9H,4-7,10H2,1-3H3. The van der Waals surface area contributed by atoms with Crippen molar-refractivity contribution in [1.82, 2.24) is 0 Å². The number of nitriles is 1. The number of unbranched alkanes of at least 4 members (excludes halogenated alkanes) is 1. The van der Waals surface area contributed by atoms with Crippen molar-refractivity contribution in [3.8, 4) is 17.6 Å². The van der Waals surface area contributed by atoms with E-state index in [9.17, 15) is 0 Å². The topological polar surface area (TPSA) is 42.2 Å². The fourth-order valence-corrected chi connectivity index (χ4v) is 2.82. The first-order valence-electron chi connectivity index (χ1n) is 6.90. The SMILES string of the molecule is COc1cc(CBr)cc(Br)c1OCCCCC(C)(C)C#N. The summed E-state index contributed by atoms with van der Waals surface area (Å²) in [6.07, 6.45) is 2.77. The van der Waals surface area contributed by atoms with Crippen molar-refractivity contribution >= 4 is 31.9 Å². The minimum atomic E-state index is -0.254. The molecule has 0 aliphatic heterocycles. The summed E-state index contributed by atoms with van der Waals surface area (Å²) in [5, 5.41) is 9.74. The molecule has 0 radical (unpaired) electrons. The van der Waals surface area contributed by atoms with Gasteiger partial charge in [-0.2, -0.15) is 5.26 Å². The maximum absolute atomic E-state index is 8.97. The van der Waals surface area contributed by atoms with E-state index in [2.05, 4.69) is 37.9 Å². The highest BCUT2D eigenvalue weighted by atomic mass is 79.9. The Morgan fingerprint density at radius 1 is 1.29 bits per heavy atom. The van der Waals surface area contributed by atoms with Crippen LogP contribution in [0, 0.1) is 16.7 Å². The number of ether oxygens (including phenoxy) is 2. The van der Waals surface area contributed by atoms with Crippen molar-refractivity contribution in [2.45, 2.75) is 38.4 Å². The molecule has 21 heavy (non-hydrogen) atoms. The second-order valence-corrected chi connectivity index (χ2v) is 6.96. The number of methoxy groups -OCH3 is 1. The Morgan fingerprint density at radius 2 is 2.00 bits per heavy atom. The predicted molar refractivity (Wildman–Crippen MR) is 92.1 cm³/mol. The van der Waals surface area contributed by atoms with Gasteiger partial charge in [0.25, 0.3) is 0 Å². The van der Waals surface area contributed by atoms with E-state index < -0.39 is 0 Å². The zero-order valence-electron chi connectivity index (χ0n) is 12.7. The van der Waals surface area contributed by atoms with Gasteiger partial charge in [-0.1, -0.05) is 15.9 Å². The van der Waals surface area contributed by atoms with Crippen molar-refractivity contribution < 1.29 is 9.47 Å². The predicted octanol–water partition coefficient (Wildman–Crippen LogP) is 5.45. The molecular weight excluding hydrogens is 398 g/mol. The van der Waals surface area contributed by atoms with Crippen LogP contribution in [0.5, 0.6) is 11.5 Å². The molecule has 0 heterocycles. The summed E-state index contributed by atoms with van der Waals surface area (Å²) in [7, 11) is 1.64. The molecule has 1 aromatic carbocycles. The van der Waals surface area contributed by atoms with Gasteiger partial charge in [-0.15, -0.1) is 0 Å². The first-order chi connectivity index (χ1) is 9.93. The lowest BCUT2D eigenvalue weighted by atomic mass is 9.89. The van der Waals surface area contributed by atoms with E-state index in [0.29, 0.717) is 6.61 Å². The Labute approximate surface area is 143 Å². The summed E-state index contributed by atoms with van der Waals surface area (Å²) < 4.78 is 12.1. The Morgan fingerprint density at radius 3 is 2.57 bits per heavy atom. The first-order valence-corrected chi connectivity index (χ1v) is 8.81. The average molecular weight is 419 g/mol. The maximum Gasteiger partial charge on any atom is 0.175 e. The third-order valence-corrected chi connectivity index (χ3v) is 4.43. The molecule has 5 heteroatoms. The third-order valence-electron chi connectivity index (χ3n) is 3.19. The lowest BCUT2D eigenvalue weighted by Gasteiger charge is -2.16. The van der Waals surface area contributed by atoms with Crippen molar-refractivity contribution in [3.05, 3.63) is 22.2 Å². The molecule has 0 N–H and O–H groups in total. The van der Waals surface area contributed by atoms with Crippen molar-refractivity contribution in [1.29, 1.82) is 5.26 Å². The summed E-state index contributed by atoms with van der Waals surface area (Å²) >= 11 is 6.96. The van der Waals surface area contributed by atoms with Gasteiger partial charge in [0.1, 0.15) is 0 Å². The maximum atomic E-state index is 8.97. The van der Waals surface area contributed by atoms with Crippen LogP contribution in [0.1, 0.15) is 38.7 Å². The van der Waals surface area contributed by atoms with Crippen LogP contribution in [-0.4, -0.2) is 13.7 Å². The van der Waals surface area contributed by atoms with Crippen LogP contribution in [0.3, 0.4) is 0 Å². The second-order valence-electron chi connectivity index (χ2n) is 5.54. The molecule has 0 unspecified atom stereocenters. The Hall–Kier alpha value is -0.730. The summed E-state index contributed by atoms with van der Waals surface area (Å²) in [6.45, 7) is 4.54. The van der Waals surface area contributed by atoms with Gasteiger partial charge in [0.15, 0.2) is 11.5 Å². The fraction of sp³-hybridized carbons (Fsp3) is 0.562. The van der Waals surface area contributed by atoms with Gasteiger partial charge < -0.3 is 9.47 Å². The van der Waals surface area contributed by atoms with Crippen molar-refractivity contribution in [2.24, 2.45) is 5.41 Å². The molecule has 0 fully saturated rings. The van der Waals surface area contributed by atoms with Crippen LogP contribution in [0.4, 0.5) is 0 Å². The highest BCUT2D eigenvalue weighted by Gasteiger charge is 2.16. The van der Waals surface area contributed by atoms with E-state index in [4.69, 9.17) is 14.7 Å². The van der Waals surface area contributed by atoms with Gasteiger partial charge >= 0.3 is 0 Å². The van der Waals surface area contributed by atoms with E-state index >= 15 is 0 Å². The lowest BCUT2D eigenvalue weighted by Crippen LogP contribution is -2.08. The zero-order valence-corrected chi connectivity index (χ0v) is 15.9. The first kappa shape index (κ1) is 18.3. The van der Waals surface area contributed by atoms with E-state index in [1.807, 2.05) is 26.0 Å². The van der Waals surface area contributed by atoms with Crippen LogP contribution in [0.15, 0.2) is 16.6 Å². The molecule has 0 bridgehead atoms. The van der Waals surface area contributed by atoms with E-state index in [1.54, 1.807) is 7.11 Å². The normalized spacial score (nSPS) is 11.0. The Kier molecular flexibility index (Phi) is 7.55. The Balaban J connectivity index is 2.54. The average Bonchev–Trinajstić information content (AvgIpc) is 2.47. The molecule has 1 aromatic rings. The van der Waals surface area contributed by atoms with Gasteiger partial charge in [0, 0.05) is 5.33 Å². The molecule has 3 nitrogen and oxygen atoms in total. The number of alkyl halides is 1. The number of nitrogens with zero attached hydrogens (tertiary/aromatic N) is 1. The number of rotatable bonds is 8. The lowest BCUT2D eigenvalue weighted by molar-refractivity contribution is 0.276. The molecule has 0 saturated heterocycles. The number of benzene rings is 1. The quantitative estimate of drug-likeness (QED) is 0.416. The summed E-state index contributed by atoms with van der Waals surface area (Å²) in [5.41, 5.74) is 0.873. The molecule has 0 aliphatic rings. The minimum Gasteiger partial charge on any atom is -0.493 e. The molecule has 0 aliphatic carbocycles. The summed E-state index contributed by atoms with van der Waals surface area (Å²) in [5.74, 6) is 1.47. The molecule has 0 spiro atoms. The molecule has 0 aromatic heterocycles.